The Bertz CT molecular complexity index is 466. The number of alkyl halides is 1. The van der Waals surface area contributed by atoms with Crippen molar-refractivity contribution < 1.29 is 9.31 Å². The first-order valence-corrected chi connectivity index (χ1v) is 6.46. The number of halogens is 2. The number of nitrogens with one attached hydrogen (secondary N) is 1. The van der Waals surface area contributed by atoms with E-state index in [1.165, 1.54) is 18.2 Å². The van der Waals surface area contributed by atoms with E-state index in [2.05, 4.69) is 5.32 Å². The van der Waals surface area contributed by atoms with E-state index >= 15 is 0 Å². The van der Waals surface area contributed by atoms with E-state index in [0.717, 1.165) is 13.1 Å². The molecule has 0 spiro atoms. The van der Waals surface area contributed by atoms with E-state index in [1.54, 1.807) is 0 Å². The second-order valence-electron chi connectivity index (χ2n) is 4.42. The standard InChI is InChI=1S/C12H15ClFN3O2/c13-11-2-1-9(17(18)19)7-10(11)12(8-14)16-5-3-15-4-6-16/h1-2,7,12,15H,3-6,8H2/t12-/m0/s1. The zero-order chi connectivity index (χ0) is 13.8. The van der Waals surface area contributed by atoms with Crippen molar-refractivity contribution in [1.29, 1.82) is 0 Å². The summed E-state index contributed by atoms with van der Waals surface area (Å²) in [5.41, 5.74) is 0.424. The second-order valence-corrected chi connectivity index (χ2v) is 4.83. The van der Waals surface area contributed by atoms with E-state index in [9.17, 15) is 14.5 Å². The molecule has 0 radical (unpaired) electrons. The molecule has 19 heavy (non-hydrogen) atoms. The lowest BCUT2D eigenvalue weighted by Gasteiger charge is -2.33. The Morgan fingerprint density at radius 2 is 2.16 bits per heavy atom. The van der Waals surface area contributed by atoms with Crippen molar-refractivity contribution in [3.8, 4) is 0 Å². The number of hydrogen-bond donors (Lipinski definition) is 1. The van der Waals surface area contributed by atoms with Gasteiger partial charge < -0.3 is 5.32 Å². The molecule has 1 N–H and O–H groups in total. The summed E-state index contributed by atoms with van der Waals surface area (Å²) in [6.07, 6.45) is 0. The lowest BCUT2D eigenvalue weighted by atomic mass is 10.0. The van der Waals surface area contributed by atoms with Crippen molar-refractivity contribution in [1.82, 2.24) is 10.2 Å². The fourth-order valence-corrected chi connectivity index (χ4v) is 2.51. The third kappa shape index (κ3) is 3.20. The third-order valence-corrected chi connectivity index (χ3v) is 3.63. The molecule has 0 aliphatic carbocycles. The van der Waals surface area contributed by atoms with Gasteiger partial charge in [0.2, 0.25) is 0 Å². The number of nitro benzene ring substituents is 1. The normalized spacial score (nSPS) is 18.2. The van der Waals surface area contributed by atoms with Crippen LogP contribution in [0.15, 0.2) is 18.2 Å². The van der Waals surface area contributed by atoms with Crippen molar-refractivity contribution >= 4 is 17.3 Å². The van der Waals surface area contributed by atoms with E-state index in [4.69, 9.17) is 11.6 Å². The van der Waals surface area contributed by atoms with Gasteiger partial charge in [0, 0.05) is 43.3 Å². The topological polar surface area (TPSA) is 58.4 Å². The van der Waals surface area contributed by atoms with Gasteiger partial charge in [-0.3, -0.25) is 15.0 Å². The number of hydrogen-bond acceptors (Lipinski definition) is 4. The first-order valence-electron chi connectivity index (χ1n) is 6.08. The van der Waals surface area contributed by atoms with Crippen molar-refractivity contribution in [2.45, 2.75) is 6.04 Å². The number of nitro groups is 1. The average Bonchev–Trinajstić information content (AvgIpc) is 2.42. The summed E-state index contributed by atoms with van der Waals surface area (Å²) >= 11 is 6.06. The Labute approximate surface area is 115 Å². The van der Waals surface area contributed by atoms with Gasteiger partial charge in [0.15, 0.2) is 0 Å². The van der Waals surface area contributed by atoms with Crippen LogP contribution in [0.2, 0.25) is 5.02 Å². The van der Waals surface area contributed by atoms with Crippen molar-refractivity contribution in [2.24, 2.45) is 0 Å². The monoisotopic (exact) mass is 287 g/mol. The summed E-state index contributed by atoms with van der Waals surface area (Å²) in [4.78, 5) is 12.3. The van der Waals surface area contributed by atoms with Crippen molar-refractivity contribution in [3.63, 3.8) is 0 Å². The maximum absolute atomic E-state index is 13.4. The second kappa shape index (κ2) is 6.27. The minimum absolute atomic E-state index is 0.0621. The molecule has 1 aliphatic heterocycles. The first kappa shape index (κ1) is 14.2. The highest BCUT2D eigenvalue weighted by Crippen LogP contribution is 2.31. The fourth-order valence-electron chi connectivity index (χ4n) is 2.27. The maximum atomic E-state index is 13.4. The minimum Gasteiger partial charge on any atom is -0.314 e. The largest absolute Gasteiger partial charge is 0.314 e. The van der Waals surface area contributed by atoms with Gasteiger partial charge in [-0.1, -0.05) is 11.6 Å². The maximum Gasteiger partial charge on any atom is 0.269 e. The molecule has 1 aromatic rings. The molecule has 5 nitrogen and oxygen atoms in total. The van der Waals surface area contributed by atoms with E-state index in [1.807, 2.05) is 4.90 Å². The lowest BCUT2D eigenvalue weighted by Crippen LogP contribution is -2.45. The number of rotatable bonds is 4. The van der Waals surface area contributed by atoms with Crippen LogP contribution in [0, 0.1) is 10.1 Å². The Balaban J connectivity index is 2.30. The number of piperazine rings is 1. The molecule has 1 aromatic carbocycles. The van der Waals surface area contributed by atoms with Crippen LogP contribution in [0.1, 0.15) is 11.6 Å². The molecule has 7 heteroatoms. The molecule has 0 bridgehead atoms. The lowest BCUT2D eigenvalue weighted by molar-refractivity contribution is -0.385. The predicted octanol–water partition coefficient (Wildman–Crippen LogP) is 2.16. The molecule has 1 atom stereocenters. The van der Waals surface area contributed by atoms with Gasteiger partial charge in [0.05, 0.1) is 11.0 Å². The summed E-state index contributed by atoms with van der Waals surface area (Å²) in [5.74, 6) is 0. The van der Waals surface area contributed by atoms with Gasteiger partial charge in [-0.25, -0.2) is 4.39 Å². The summed E-state index contributed by atoms with van der Waals surface area (Å²) in [6, 6.07) is 3.64. The SMILES string of the molecule is O=[N+]([O-])c1ccc(Cl)c([C@H](CF)N2CCNCC2)c1. The zero-order valence-corrected chi connectivity index (χ0v) is 11.1. The van der Waals surface area contributed by atoms with Crippen LogP contribution >= 0.6 is 11.6 Å². The zero-order valence-electron chi connectivity index (χ0n) is 10.3. The molecule has 0 unspecified atom stereocenters. The summed E-state index contributed by atoms with van der Waals surface area (Å²) < 4.78 is 13.4. The molecule has 1 heterocycles. The van der Waals surface area contributed by atoms with Gasteiger partial charge in [-0.15, -0.1) is 0 Å². The van der Waals surface area contributed by atoms with E-state index in [0.29, 0.717) is 23.7 Å². The Morgan fingerprint density at radius 1 is 1.47 bits per heavy atom. The molecule has 1 saturated heterocycles. The van der Waals surface area contributed by atoms with Crippen LogP contribution in [0.25, 0.3) is 0 Å². The fraction of sp³-hybridized carbons (Fsp3) is 0.500. The van der Waals surface area contributed by atoms with Gasteiger partial charge in [-0.05, 0) is 11.6 Å². The van der Waals surface area contributed by atoms with Gasteiger partial charge >= 0.3 is 0 Å². The Morgan fingerprint density at radius 3 is 2.74 bits per heavy atom. The minimum atomic E-state index is -0.610. The first-order chi connectivity index (χ1) is 9.13. The predicted molar refractivity (Wildman–Crippen MR) is 71.3 cm³/mol. The quantitative estimate of drug-likeness (QED) is 0.681. The van der Waals surface area contributed by atoms with Crippen LogP contribution in [0.4, 0.5) is 10.1 Å². The van der Waals surface area contributed by atoms with Crippen molar-refractivity contribution in [2.75, 3.05) is 32.9 Å². The highest BCUT2D eigenvalue weighted by Gasteiger charge is 2.25. The Kier molecular flexibility index (Phi) is 4.68. The molecule has 104 valence electrons. The van der Waals surface area contributed by atoms with Gasteiger partial charge in [-0.2, -0.15) is 0 Å². The van der Waals surface area contributed by atoms with Crippen LogP contribution in [-0.2, 0) is 0 Å². The molecule has 0 amide bonds. The molecular formula is C12H15ClFN3O2. The summed E-state index contributed by atoms with van der Waals surface area (Å²) in [5, 5.41) is 14.3. The molecule has 0 aromatic heterocycles. The van der Waals surface area contributed by atoms with Gasteiger partial charge in [0.25, 0.3) is 5.69 Å². The molecular weight excluding hydrogens is 273 g/mol. The number of benzene rings is 1. The third-order valence-electron chi connectivity index (χ3n) is 3.29. The average molecular weight is 288 g/mol. The summed E-state index contributed by atoms with van der Waals surface area (Å²) in [6.45, 7) is 2.36. The highest BCUT2D eigenvalue weighted by molar-refractivity contribution is 6.31. The van der Waals surface area contributed by atoms with Crippen LogP contribution < -0.4 is 5.32 Å². The van der Waals surface area contributed by atoms with Crippen LogP contribution in [0.5, 0.6) is 0 Å². The van der Waals surface area contributed by atoms with Crippen molar-refractivity contribution in [3.05, 3.63) is 38.9 Å². The summed E-state index contributed by atoms with van der Waals surface area (Å²) in [7, 11) is 0. The van der Waals surface area contributed by atoms with Crippen LogP contribution in [-0.4, -0.2) is 42.7 Å². The molecule has 2 rings (SSSR count). The van der Waals surface area contributed by atoms with E-state index in [-0.39, 0.29) is 5.69 Å². The molecule has 1 aliphatic rings. The number of non-ortho nitro benzene ring substituents is 1. The smallest absolute Gasteiger partial charge is 0.269 e. The van der Waals surface area contributed by atoms with Crippen LogP contribution in [0.3, 0.4) is 0 Å². The molecule has 0 saturated carbocycles. The number of nitrogens with zero attached hydrogens (tertiary/aromatic N) is 2. The highest BCUT2D eigenvalue weighted by atomic mass is 35.5. The molecule has 1 fully saturated rings. The Hall–Kier alpha value is -1.24. The van der Waals surface area contributed by atoms with Gasteiger partial charge in [0.1, 0.15) is 6.67 Å². The van der Waals surface area contributed by atoms with E-state index < -0.39 is 17.6 Å².